The third-order valence-electron chi connectivity index (χ3n) is 7.42. The van der Waals surface area contributed by atoms with Crippen molar-refractivity contribution in [2.75, 3.05) is 15.5 Å². The van der Waals surface area contributed by atoms with Crippen LogP contribution < -0.4 is 26.4 Å². The van der Waals surface area contributed by atoms with E-state index < -0.39 is 16.5 Å². The van der Waals surface area contributed by atoms with Gasteiger partial charge in [-0.25, -0.2) is 0 Å². The zero-order valence-corrected chi connectivity index (χ0v) is 22.3. The Balaban J connectivity index is 1.48. The van der Waals surface area contributed by atoms with Gasteiger partial charge in [0.25, 0.3) is 16.8 Å². The zero-order chi connectivity index (χ0) is 26.9. The highest BCUT2D eigenvalue weighted by molar-refractivity contribution is 6.14. The first-order valence-corrected chi connectivity index (χ1v) is 12.5. The van der Waals surface area contributed by atoms with Crippen molar-refractivity contribution in [3.63, 3.8) is 0 Å². The summed E-state index contributed by atoms with van der Waals surface area (Å²) in [4.78, 5) is 40.6. The SMILES string of the molecule is CC1=CCC(C)([C@H](Nc2c(Nc3ccc(C)c4c3C(=O)N(c3cc(C)[nH]n3)C4)c(=O)c2=O)C(C)(C)C)O1. The summed E-state index contributed by atoms with van der Waals surface area (Å²) in [5.41, 5.74) is 1.99. The smallest absolute Gasteiger partial charge is 0.262 e. The van der Waals surface area contributed by atoms with Gasteiger partial charge in [0, 0.05) is 18.2 Å². The van der Waals surface area contributed by atoms with E-state index in [1.54, 1.807) is 11.0 Å². The number of rotatable bonds is 6. The van der Waals surface area contributed by atoms with Crippen LogP contribution in [0, 0.1) is 19.3 Å². The number of aryl methyl sites for hydroxylation is 2. The molecule has 3 N–H and O–H groups in total. The zero-order valence-electron chi connectivity index (χ0n) is 22.3. The fraction of sp³-hybridized carbons (Fsp3) is 0.429. The number of hydrogen-bond acceptors (Lipinski definition) is 7. The van der Waals surface area contributed by atoms with Gasteiger partial charge in [-0.2, -0.15) is 5.10 Å². The summed E-state index contributed by atoms with van der Waals surface area (Å²) in [6.45, 7) is 14.3. The third-order valence-corrected chi connectivity index (χ3v) is 7.42. The standard InChI is InChI=1S/C28H33N5O4/c1-14-8-9-18(20-17(14)13-33(25(20)36)19-12-15(2)31-32-19)29-21-22(24(35)23(21)34)30-26(27(4,5)6)28(7)11-10-16(3)37-28/h8-10,12,26,29-30H,11,13H2,1-7H3,(H,31,32)/t26-,28?/m1/s1. The second kappa shape index (κ2) is 8.33. The molecule has 5 rings (SSSR count). The van der Waals surface area contributed by atoms with Gasteiger partial charge in [-0.3, -0.25) is 24.4 Å². The number of aromatic amines is 1. The first-order chi connectivity index (χ1) is 17.3. The lowest BCUT2D eigenvalue weighted by atomic mass is 9.75. The molecule has 0 radical (unpaired) electrons. The molecule has 3 heterocycles. The van der Waals surface area contributed by atoms with Crippen LogP contribution in [-0.2, 0) is 11.3 Å². The van der Waals surface area contributed by atoms with E-state index in [-0.39, 0.29) is 28.7 Å². The van der Waals surface area contributed by atoms with Gasteiger partial charge in [-0.05, 0) is 56.4 Å². The van der Waals surface area contributed by atoms with Crippen LogP contribution in [0.25, 0.3) is 0 Å². The van der Waals surface area contributed by atoms with E-state index in [4.69, 9.17) is 4.74 Å². The molecule has 2 aromatic carbocycles. The largest absolute Gasteiger partial charge is 0.490 e. The number of carbonyl (C=O) groups is 1. The fourth-order valence-corrected chi connectivity index (χ4v) is 5.58. The molecule has 0 saturated heterocycles. The molecule has 0 saturated carbocycles. The van der Waals surface area contributed by atoms with Gasteiger partial charge in [0.15, 0.2) is 5.82 Å². The van der Waals surface area contributed by atoms with Gasteiger partial charge >= 0.3 is 0 Å². The average molecular weight is 504 g/mol. The lowest BCUT2D eigenvalue weighted by molar-refractivity contribution is -0.00454. The van der Waals surface area contributed by atoms with Crippen LogP contribution in [0.3, 0.4) is 0 Å². The Morgan fingerprint density at radius 1 is 1.11 bits per heavy atom. The molecule has 0 bridgehead atoms. The number of allylic oxidation sites excluding steroid dienone is 1. The Labute approximate surface area is 215 Å². The van der Waals surface area contributed by atoms with E-state index >= 15 is 0 Å². The molecule has 2 aliphatic heterocycles. The number of nitrogens with zero attached hydrogens (tertiary/aromatic N) is 2. The second-order valence-corrected chi connectivity index (χ2v) is 11.5. The van der Waals surface area contributed by atoms with Crippen molar-refractivity contribution in [1.29, 1.82) is 0 Å². The Bertz CT molecular complexity index is 1520. The van der Waals surface area contributed by atoms with Crippen LogP contribution in [-0.4, -0.2) is 27.7 Å². The Morgan fingerprint density at radius 2 is 1.81 bits per heavy atom. The molecule has 1 amide bonds. The number of benzene rings is 1. The quantitative estimate of drug-likeness (QED) is 0.426. The van der Waals surface area contributed by atoms with Crippen molar-refractivity contribution in [1.82, 2.24) is 10.2 Å². The van der Waals surface area contributed by atoms with E-state index in [2.05, 4.69) is 41.6 Å². The van der Waals surface area contributed by atoms with E-state index in [0.717, 1.165) is 22.6 Å². The van der Waals surface area contributed by atoms with Crippen molar-refractivity contribution in [3.8, 4) is 0 Å². The summed E-state index contributed by atoms with van der Waals surface area (Å²) in [6.07, 6.45) is 2.73. The molecule has 0 aliphatic carbocycles. The van der Waals surface area contributed by atoms with Crippen molar-refractivity contribution in [2.45, 2.75) is 73.1 Å². The van der Waals surface area contributed by atoms with Crippen molar-refractivity contribution < 1.29 is 9.53 Å². The van der Waals surface area contributed by atoms with Crippen molar-refractivity contribution in [2.24, 2.45) is 5.41 Å². The topological polar surface area (TPSA) is 116 Å². The summed E-state index contributed by atoms with van der Waals surface area (Å²) >= 11 is 0. The van der Waals surface area contributed by atoms with Gasteiger partial charge < -0.3 is 15.4 Å². The molecule has 9 heteroatoms. The van der Waals surface area contributed by atoms with Gasteiger partial charge in [-0.15, -0.1) is 0 Å². The number of aromatic nitrogens is 2. The molecule has 1 aromatic heterocycles. The van der Waals surface area contributed by atoms with E-state index in [9.17, 15) is 14.4 Å². The number of H-pyrrole nitrogens is 1. The maximum Gasteiger partial charge on any atom is 0.262 e. The number of fused-ring (bicyclic) bond motifs is 1. The van der Waals surface area contributed by atoms with E-state index in [1.807, 2.05) is 45.9 Å². The first kappa shape index (κ1) is 24.8. The van der Waals surface area contributed by atoms with Crippen LogP contribution >= 0.6 is 0 Å². The number of amides is 1. The number of anilines is 4. The van der Waals surface area contributed by atoms with Crippen LogP contribution in [0.1, 0.15) is 68.2 Å². The maximum absolute atomic E-state index is 13.5. The Morgan fingerprint density at radius 3 is 2.41 bits per heavy atom. The summed E-state index contributed by atoms with van der Waals surface area (Å²) in [7, 11) is 0. The highest BCUT2D eigenvalue weighted by Crippen LogP contribution is 2.41. The van der Waals surface area contributed by atoms with E-state index in [1.165, 1.54) is 0 Å². The van der Waals surface area contributed by atoms with Crippen LogP contribution in [0.2, 0.25) is 0 Å². The molecule has 37 heavy (non-hydrogen) atoms. The lowest BCUT2D eigenvalue weighted by Gasteiger charge is -2.43. The number of carbonyl (C=O) groups excluding carboxylic acids is 1. The summed E-state index contributed by atoms with van der Waals surface area (Å²) in [6, 6.07) is 5.25. The number of hydrogen-bond donors (Lipinski definition) is 3. The summed E-state index contributed by atoms with van der Waals surface area (Å²) < 4.78 is 6.17. The molecule has 9 nitrogen and oxygen atoms in total. The van der Waals surface area contributed by atoms with Crippen molar-refractivity contribution in [3.05, 3.63) is 72.9 Å². The molecule has 2 atom stereocenters. The predicted molar refractivity (Wildman–Crippen MR) is 144 cm³/mol. The molecular weight excluding hydrogens is 470 g/mol. The highest BCUT2D eigenvalue weighted by Gasteiger charge is 2.46. The monoisotopic (exact) mass is 503 g/mol. The van der Waals surface area contributed by atoms with Gasteiger partial charge in [-0.1, -0.05) is 26.8 Å². The molecule has 194 valence electrons. The molecule has 0 spiro atoms. The Hall–Kier alpha value is -3.88. The maximum atomic E-state index is 13.5. The minimum Gasteiger partial charge on any atom is -0.490 e. The Kier molecular flexibility index (Phi) is 5.58. The van der Waals surface area contributed by atoms with Crippen molar-refractivity contribution >= 4 is 28.8 Å². The summed E-state index contributed by atoms with van der Waals surface area (Å²) in [5, 5.41) is 13.6. The number of ether oxygens (including phenoxy) is 1. The number of nitrogens with one attached hydrogen (secondary N) is 3. The summed E-state index contributed by atoms with van der Waals surface area (Å²) in [5.74, 6) is 1.18. The van der Waals surface area contributed by atoms with Crippen LogP contribution in [0.5, 0.6) is 0 Å². The second-order valence-electron chi connectivity index (χ2n) is 11.5. The molecule has 2 aliphatic rings. The molecule has 1 unspecified atom stereocenters. The normalized spacial score (nSPS) is 20.1. The predicted octanol–water partition coefficient (Wildman–Crippen LogP) is 4.44. The molecular formula is C28H33N5O4. The van der Waals surface area contributed by atoms with E-state index in [0.29, 0.717) is 30.0 Å². The van der Waals surface area contributed by atoms with Crippen LogP contribution in [0.15, 0.2) is 39.6 Å². The fourth-order valence-electron chi connectivity index (χ4n) is 5.58. The molecule has 3 aromatic rings. The molecule has 0 fully saturated rings. The third kappa shape index (κ3) is 4.02. The minimum atomic E-state index is -0.610. The van der Waals surface area contributed by atoms with Gasteiger partial charge in [0.2, 0.25) is 0 Å². The highest BCUT2D eigenvalue weighted by atomic mass is 16.5. The average Bonchev–Trinajstić information content (AvgIpc) is 3.51. The first-order valence-electron chi connectivity index (χ1n) is 12.5. The lowest BCUT2D eigenvalue weighted by Crippen LogP contribution is -2.54. The minimum absolute atomic E-state index is 0.165. The van der Waals surface area contributed by atoms with Gasteiger partial charge in [0.1, 0.15) is 17.0 Å². The van der Waals surface area contributed by atoms with Gasteiger partial charge in [0.05, 0.1) is 29.6 Å². The van der Waals surface area contributed by atoms with Crippen LogP contribution in [0.4, 0.5) is 22.9 Å².